The molecule has 25 heavy (non-hydrogen) atoms. The second-order valence-corrected chi connectivity index (χ2v) is 6.28. The molecule has 0 amide bonds. The normalized spacial score (nSPS) is 14.9. The van der Waals surface area contributed by atoms with Crippen LogP contribution in [0.5, 0.6) is 5.75 Å². The zero-order chi connectivity index (χ0) is 17.2. The fraction of sp³-hybridized carbons (Fsp3) is 0.0556. The molecule has 124 valence electrons. The van der Waals surface area contributed by atoms with Crippen LogP contribution in [0.15, 0.2) is 63.7 Å². The number of benzene rings is 2. The Morgan fingerprint density at radius 1 is 1.12 bits per heavy atom. The molecule has 1 aliphatic rings. The molecule has 1 aliphatic heterocycles. The van der Waals surface area contributed by atoms with E-state index in [1.54, 1.807) is 25.5 Å². The van der Waals surface area contributed by atoms with Crippen LogP contribution in [0.3, 0.4) is 0 Å². The number of thioether (sulfide) groups is 1. The number of rotatable bonds is 2. The van der Waals surface area contributed by atoms with Crippen molar-refractivity contribution in [3.8, 4) is 5.75 Å². The molecule has 0 fully saturated rings. The maximum Gasteiger partial charge on any atom is 0.188 e. The van der Waals surface area contributed by atoms with Crippen molar-refractivity contribution in [2.75, 3.05) is 7.11 Å². The van der Waals surface area contributed by atoms with Crippen molar-refractivity contribution >= 4 is 39.7 Å². The summed E-state index contributed by atoms with van der Waals surface area (Å²) >= 11 is 1.38. The molecule has 1 aromatic heterocycles. The lowest BCUT2D eigenvalue weighted by atomic mass is 10.1. The molecule has 3 aromatic rings. The molecule has 2 heterocycles. The first kappa shape index (κ1) is 15.6. The average molecular weight is 352 g/mol. The number of hydrazone groups is 1. The Morgan fingerprint density at radius 2 is 1.96 bits per heavy atom. The molecule has 2 aromatic carbocycles. The number of methoxy groups -OCH3 is 1. The van der Waals surface area contributed by atoms with Gasteiger partial charge in [0.1, 0.15) is 16.6 Å². The molecule has 0 bridgehead atoms. The Hall–Kier alpha value is -2.93. The zero-order valence-electron chi connectivity index (χ0n) is 13.2. The molecule has 4 rings (SSSR count). The highest BCUT2D eigenvalue weighted by Gasteiger charge is 2.14. The van der Waals surface area contributed by atoms with Crippen LogP contribution in [0.2, 0.25) is 0 Å². The number of hydrogen-bond donors (Lipinski definition) is 1. The average Bonchev–Trinajstić information content (AvgIpc) is 2.82. The predicted octanol–water partition coefficient (Wildman–Crippen LogP) is 4.10. The largest absolute Gasteiger partial charge is 0.497 e. The molecule has 0 saturated carbocycles. The number of amidine groups is 1. The second-order valence-electron chi connectivity index (χ2n) is 5.31. The lowest BCUT2D eigenvalue weighted by Crippen LogP contribution is -2.11. The molecule has 7 heteroatoms. The van der Waals surface area contributed by atoms with Gasteiger partial charge in [-0.1, -0.05) is 0 Å². The summed E-state index contributed by atoms with van der Waals surface area (Å²) in [7, 11) is 1.64. The number of nitrogens with zero attached hydrogens (tertiary/aromatic N) is 3. The molecule has 0 spiro atoms. The van der Waals surface area contributed by atoms with Crippen LogP contribution < -0.4 is 10.2 Å². The topological polar surface area (TPSA) is 58.9 Å². The Balaban J connectivity index is 1.72. The van der Waals surface area contributed by atoms with Gasteiger partial charge in [0.15, 0.2) is 5.17 Å². The van der Waals surface area contributed by atoms with E-state index in [2.05, 4.69) is 15.5 Å². The van der Waals surface area contributed by atoms with Gasteiger partial charge < -0.3 is 4.74 Å². The van der Waals surface area contributed by atoms with E-state index in [0.717, 1.165) is 27.2 Å². The van der Waals surface area contributed by atoms with Gasteiger partial charge >= 0.3 is 0 Å². The molecule has 0 radical (unpaired) electrons. The number of hydrogen-bond acceptors (Lipinski definition) is 5. The molecule has 0 aliphatic carbocycles. The van der Waals surface area contributed by atoms with Crippen LogP contribution in [0, 0.1) is 5.82 Å². The number of pyridine rings is 1. The summed E-state index contributed by atoms with van der Waals surface area (Å²) in [5.41, 5.74) is 5.29. The molecular formula is C18H13FN4OS. The van der Waals surface area contributed by atoms with E-state index in [0.29, 0.717) is 10.9 Å². The fourth-order valence-electron chi connectivity index (χ4n) is 2.41. The van der Waals surface area contributed by atoms with Crippen LogP contribution in [0.1, 0.15) is 5.56 Å². The summed E-state index contributed by atoms with van der Waals surface area (Å²) in [4.78, 5) is 9.15. The van der Waals surface area contributed by atoms with Gasteiger partial charge in [-0.15, -0.1) is 0 Å². The monoisotopic (exact) mass is 352 g/mol. The molecule has 5 nitrogen and oxygen atoms in total. The van der Waals surface area contributed by atoms with Crippen LogP contribution in [-0.2, 0) is 0 Å². The minimum Gasteiger partial charge on any atom is -0.497 e. The quantitative estimate of drug-likeness (QED) is 0.754. The summed E-state index contributed by atoms with van der Waals surface area (Å²) in [5.74, 6) is 0.488. The van der Waals surface area contributed by atoms with Gasteiger partial charge in [-0.25, -0.2) is 14.4 Å². The summed E-state index contributed by atoms with van der Waals surface area (Å²) in [5, 5.41) is 6.53. The van der Waals surface area contributed by atoms with E-state index >= 15 is 0 Å². The highest BCUT2D eigenvalue weighted by molar-refractivity contribution is 8.13. The van der Waals surface area contributed by atoms with Crippen molar-refractivity contribution in [1.29, 1.82) is 0 Å². The van der Waals surface area contributed by atoms with Crippen molar-refractivity contribution in [1.82, 2.24) is 10.4 Å². The third-order valence-electron chi connectivity index (χ3n) is 3.63. The Morgan fingerprint density at radius 3 is 2.76 bits per heavy atom. The van der Waals surface area contributed by atoms with Gasteiger partial charge in [0, 0.05) is 10.9 Å². The molecular weight excluding hydrogens is 339 g/mol. The van der Waals surface area contributed by atoms with E-state index < -0.39 is 0 Å². The first-order chi connectivity index (χ1) is 12.2. The van der Waals surface area contributed by atoms with E-state index in [-0.39, 0.29) is 5.82 Å². The van der Waals surface area contributed by atoms with Crippen molar-refractivity contribution < 1.29 is 9.13 Å². The predicted molar refractivity (Wildman–Crippen MR) is 98.4 cm³/mol. The highest BCUT2D eigenvalue weighted by Crippen LogP contribution is 2.29. The third kappa shape index (κ3) is 3.32. The minimum absolute atomic E-state index is 0.294. The van der Waals surface area contributed by atoms with Gasteiger partial charge in [-0.3, -0.25) is 5.43 Å². The van der Waals surface area contributed by atoms with Gasteiger partial charge in [-0.2, -0.15) is 5.10 Å². The number of halogens is 1. The summed E-state index contributed by atoms with van der Waals surface area (Å²) < 4.78 is 18.3. The Kier molecular flexibility index (Phi) is 4.07. The van der Waals surface area contributed by atoms with E-state index in [1.165, 1.54) is 23.9 Å². The Labute approximate surface area is 147 Å². The maximum absolute atomic E-state index is 13.0. The van der Waals surface area contributed by atoms with Gasteiger partial charge in [-0.05, 0) is 60.3 Å². The highest BCUT2D eigenvalue weighted by atomic mass is 32.2. The fourth-order valence-corrected chi connectivity index (χ4v) is 3.21. The van der Waals surface area contributed by atoms with E-state index in [4.69, 9.17) is 9.72 Å². The summed E-state index contributed by atoms with van der Waals surface area (Å²) in [6.45, 7) is 0. The van der Waals surface area contributed by atoms with Gasteiger partial charge in [0.25, 0.3) is 0 Å². The third-order valence-corrected chi connectivity index (χ3v) is 4.53. The second kappa shape index (κ2) is 6.52. The number of aliphatic imine (C=N–C) groups is 1. The van der Waals surface area contributed by atoms with Crippen molar-refractivity contribution in [3.05, 3.63) is 59.9 Å². The molecule has 0 atom stereocenters. The zero-order valence-corrected chi connectivity index (χ0v) is 14.0. The number of aromatic nitrogens is 1. The van der Waals surface area contributed by atoms with E-state index in [1.807, 2.05) is 24.3 Å². The number of nitrogens with one attached hydrogen (secondary N) is 1. The van der Waals surface area contributed by atoms with Crippen molar-refractivity contribution in [2.24, 2.45) is 10.1 Å². The van der Waals surface area contributed by atoms with Crippen LogP contribution >= 0.6 is 11.8 Å². The van der Waals surface area contributed by atoms with Gasteiger partial charge in [0.05, 0.1) is 24.5 Å². The molecule has 0 saturated heterocycles. The van der Waals surface area contributed by atoms with E-state index in [9.17, 15) is 4.39 Å². The minimum atomic E-state index is -0.294. The van der Waals surface area contributed by atoms with Crippen molar-refractivity contribution in [2.45, 2.75) is 5.03 Å². The summed E-state index contributed by atoms with van der Waals surface area (Å²) in [6.07, 6.45) is 1.71. The lowest BCUT2D eigenvalue weighted by molar-refractivity contribution is 0.415. The summed E-state index contributed by atoms with van der Waals surface area (Å²) in [6, 6.07) is 13.7. The maximum atomic E-state index is 13.0. The lowest BCUT2D eigenvalue weighted by Gasteiger charge is -2.07. The smallest absolute Gasteiger partial charge is 0.188 e. The SMILES string of the molecule is COc1ccc2nc3c(cc2c1)C=NNC(=Nc1ccc(F)cc1)S3. The van der Waals surface area contributed by atoms with Crippen molar-refractivity contribution in [3.63, 3.8) is 0 Å². The number of ether oxygens (including phenoxy) is 1. The standard InChI is InChI=1S/C18H13FN4OS/c1-24-15-6-7-16-11(9-15)8-12-10-20-23-18(25-17(12)22-16)21-14-4-2-13(19)3-5-14/h2-10H,1H3,(H,21,23). The van der Waals surface area contributed by atoms with Crippen LogP contribution in [0.4, 0.5) is 10.1 Å². The first-order valence-electron chi connectivity index (χ1n) is 7.51. The molecule has 0 unspecified atom stereocenters. The first-order valence-corrected chi connectivity index (χ1v) is 8.33. The number of fused-ring (bicyclic) bond motifs is 2. The molecule has 1 N–H and O–H groups in total. The van der Waals surface area contributed by atoms with Gasteiger partial charge in [0.2, 0.25) is 0 Å². The van der Waals surface area contributed by atoms with Crippen LogP contribution in [0.25, 0.3) is 10.9 Å². The van der Waals surface area contributed by atoms with Crippen LogP contribution in [-0.4, -0.2) is 23.5 Å². The Bertz CT molecular complexity index is 1000.